The molecule has 2 aromatic rings. The molecule has 3 N–H and O–H groups in total. The van der Waals surface area contributed by atoms with E-state index in [4.69, 9.17) is 19.9 Å². The van der Waals surface area contributed by atoms with Gasteiger partial charge in [-0.15, -0.1) is 0 Å². The third-order valence-corrected chi connectivity index (χ3v) is 5.32. The average Bonchev–Trinajstić information content (AvgIpc) is 3.06. The molecule has 0 aromatic heterocycles. The highest BCUT2D eigenvalue weighted by Crippen LogP contribution is 2.40. The van der Waals surface area contributed by atoms with Crippen LogP contribution in [0, 0.1) is 6.92 Å². The molecule has 1 fully saturated rings. The van der Waals surface area contributed by atoms with Gasteiger partial charge in [0.25, 0.3) is 17.6 Å². The zero-order valence-electron chi connectivity index (χ0n) is 18.7. The third-order valence-electron chi connectivity index (χ3n) is 5.32. The molecule has 9 heteroatoms. The molecule has 2 aromatic carbocycles. The average molecular weight is 454 g/mol. The van der Waals surface area contributed by atoms with Crippen LogP contribution in [0.25, 0.3) is 5.76 Å². The lowest BCUT2D eigenvalue weighted by molar-refractivity contribution is -0.140. The highest BCUT2D eigenvalue weighted by Gasteiger charge is 2.45. The molecule has 1 aliphatic rings. The van der Waals surface area contributed by atoms with Gasteiger partial charge >= 0.3 is 0 Å². The number of nitrogens with zero attached hydrogens (tertiary/aromatic N) is 1. The number of nitrogens with two attached hydrogens (primary N) is 1. The first-order valence-corrected chi connectivity index (χ1v) is 10.2. The Bertz CT molecular complexity index is 1090. The van der Waals surface area contributed by atoms with E-state index in [0.717, 1.165) is 5.56 Å². The molecule has 0 radical (unpaired) electrons. The van der Waals surface area contributed by atoms with E-state index in [1.54, 1.807) is 49.6 Å². The Balaban J connectivity index is 2.07. The molecule has 3 rings (SSSR count). The summed E-state index contributed by atoms with van der Waals surface area (Å²) >= 11 is 0. The van der Waals surface area contributed by atoms with Crippen molar-refractivity contribution in [3.05, 3.63) is 64.7 Å². The van der Waals surface area contributed by atoms with Crippen LogP contribution in [0.15, 0.2) is 48.0 Å². The second-order valence-electron chi connectivity index (χ2n) is 7.49. The van der Waals surface area contributed by atoms with Gasteiger partial charge in [0, 0.05) is 19.2 Å². The van der Waals surface area contributed by atoms with Crippen LogP contribution in [0.2, 0.25) is 0 Å². The number of methoxy groups -OCH3 is 2. The maximum absolute atomic E-state index is 13.0. The maximum atomic E-state index is 13.0. The van der Waals surface area contributed by atoms with Crippen LogP contribution in [0.3, 0.4) is 0 Å². The number of hydrogen-bond donors (Lipinski definition) is 2. The predicted octanol–water partition coefficient (Wildman–Crippen LogP) is 1.94. The van der Waals surface area contributed by atoms with Gasteiger partial charge in [0.05, 0.1) is 25.3 Å². The van der Waals surface area contributed by atoms with Crippen LogP contribution in [0.1, 0.15) is 22.7 Å². The number of benzene rings is 2. The summed E-state index contributed by atoms with van der Waals surface area (Å²) in [5.41, 5.74) is 6.83. The van der Waals surface area contributed by atoms with Crippen molar-refractivity contribution in [1.82, 2.24) is 4.90 Å². The number of ether oxygens (including phenoxy) is 3. The van der Waals surface area contributed by atoms with Crippen molar-refractivity contribution >= 4 is 23.4 Å². The lowest BCUT2D eigenvalue weighted by Gasteiger charge is -2.25. The molecular formula is C24H26N2O7. The fraction of sp³-hybridized carbons (Fsp3) is 0.292. The standard InChI is InChI=1S/C24H26N2O7/c1-14-12-16(6-9-18(14)32-3)22(28)20-21(26(10-11-31-2)24(30)23(20)29)15-4-7-17(8-5-15)33-13-19(25)27/h4-9,12,21,28H,10-11,13H2,1-3H3,(H2,25,27)/t21-/m0/s1. The second-order valence-corrected chi connectivity index (χ2v) is 7.49. The van der Waals surface area contributed by atoms with E-state index in [0.29, 0.717) is 22.6 Å². The lowest BCUT2D eigenvalue weighted by Crippen LogP contribution is -2.32. The number of ketones is 1. The number of likely N-dealkylation sites (tertiary alicyclic amines) is 1. The number of carbonyl (C=O) groups is 3. The molecule has 0 unspecified atom stereocenters. The van der Waals surface area contributed by atoms with Gasteiger partial charge in [-0.2, -0.15) is 0 Å². The van der Waals surface area contributed by atoms with Gasteiger partial charge in [-0.05, 0) is 48.4 Å². The monoisotopic (exact) mass is 454 g/mol. The Hall–Kier alpha value is -3.85. The number of rotatable bonds is 9. The van der Waals surface area contributed by atoms with Gasteiger partial charge < -0.3 is 30.0 Å². The first-order chi connectivity index (χ1) is 15.8. The number of aliphatic hydroxyl groups is 1. The Labute approximate surface area is 191 Å². The van der Waals surface area contributed by atoms with Crippen molar-refractivity contribution in [2.24, 2.45) is 5.73 Å². The summed E-state index contributed by atoms with van der Waals surface area (Å²) in [5, 5.41) is 11.1. The molecule has 33 heavy (non-hydrogen) atoms. The Morgan fingerprint density at radius 2 is 1.82 bits per heavy atom. The lowest BCUT2D eigenvalue weighted by atomic mass is 9.94. The van der Waals surface area contributed by atoms with Crippen LogP contribution in [-0.2, 0) is 19.1 Å². The van der Waals surface area contributed by atoms with E-state index in [2.05, 4.69) is 0 Å². The summed E-state index contributed by atoms with van der Waals surface area (Å²) in [4.78, 5) is 38.1. The summed E-state index contributed by atoms with van der Waals surface area (Å²) < 4.78 is 15.6. The minimum absolute atomic E-state index is 0.0218. The van der Waals surface area contributed by atoms with Crippen molar-refractivity contribution in [3.63, 3.8) is 0 Å². The molecule has 1 heterocycles. The van der Waals surface area contributed by atoms with E-state index >= 15 is 0 Å². The molecule has 0 bridgehead atoms. The molecule has 1 aliphatic heterocycles. The second kappa shape index (κ2) is 10.2. The van der Waals surface area contributed by atoms with Crippen LogP contribution >= 0.6 is 0 Å². The molecule has 1 saturated heterocycles. The molecule has 0 spiro atoms. The smallest absolute Gasteiger partial charge is 0.295 e. The summed E-state index contributed by atoms with van der Waals surface area (Å²) in [7, 11) is 3.04. The van der Waals surface area contributed by atoms with E-state index < -0.39 is 23.6 Å². The highest BCUT2D eigenvalue weighted by molar-refractivity contribution is 6.46. The molecule has 1 atom stereocenters. The van der Waals surface area contributed by atoms with Crippen LogP contribution in [0.5, 0.6) is 11.5 Å². The fourth-order valence-electron chi connectivity index (χ4n) is 3.73. The largest absolute Gasteiger partial charge is 0.507 e. The van der Waals surface area contributed by atoms with E-state index in [1.807, 2.05) is 6.92 Å². The van der Waals surface area contributed by atoms with Crippen LogP contribution < -0.4 is 15.2 Å². The molecule has 174 valence electrons. The van der Waals surface area contributed by atoms with Crippen LogP contribution in [0.4, 0.5) is 0 Å². The Morgan fingerprint density at radius 3 is 2.39 bits per heavy atom. The first-order valence-electron chi connectivity index (χ1n) is 10.2. The fourth-order valence-corrected chi connectivity index (χ4v) is 3.73. The molecule has 0 aliphatic carbocycles. The zero-order chi connectivity index (χ0) is 24.1. The molecule has 9 nitrogen and oxygen atoms in total. The number of amides is 2. The van der Waals surface area contributed by atoms with Gasteiger partial charge in [-0.3, -0.25) is 14.4 Å². The van der Waals surface area contributed by atoms with Crippen LogP contribution in [-0.4, -0.2) is 61.6 Å². The van der Waals surface area contributed by atoms with Crippen molar-refractivity contribution in [1.29, 1.82) is 0 Å². The number of aliphatic hydroxyl groups excluding tert-OH is 1. The summed E-state index contributed by atoms with van der Waals surface area (Å²) in [6.45, 7) is 1.91. The van der Waals surface area contributed by atoms with Gasteiger partial charge in [0.2, 0.25) is 0 Å². The Kier molecular flexibility index (Phi) is 7.34. The van der Waals surface area contributed by atoms with Gasteiger partial charge in [-0.25, -0.2) is 0 Å². The number of primary amides is 1. The van der Waals surface area contributed by atoms with E-state index in [9.17, 15) is 19.5 Å². The maximum Gasteiger partial charge on any atom is 0.295 e. The number of hydrogen-bond acceptors (Lipinski definition) is 7. The Morgan fingerprint density at radius 1 is 1.12 bits per heavy atom. The quantitative estimate of drug-likeness (QED) is 0.337. The molecule has 2 amide bonds. The van der Waals surface area contributed by atoms with E-state index in [1.165, 1.54) is 12.0 Å². The summed E-state index contributed by atoms with van der Waals surface area (Å²) in [6.07, 6.45) is 0. The molecular weight excluding hydrogens is 428 g/mol. The number of Topliss-reactive ketones (excluding diaryl/α,β-unsaturated/α-hetero) is 1. The van der Waals surface area contributed by atoms with Crippen molar-refractivity contribution < 1.29 is 33.7 Å². The van der Waals surface area contributed by atoms with Crippen molar-refractivity contribution in [2.75, 3.05) is 34.0 Å². The zero-order valence-corrected chi connectivity index (χ0v) is 18.7. The van der Waals surface area contributed by atoms with Gasteiger partial charge in [0.15, 0.2) is 6.61 Å². The number of carbonyl (C=O) groups excluding carboxylic acids is 3. The highest BCUT2D eigenvalue weighted by atomic mass is 16.5. The molecule has 0 saturated carbocycles. The van der Waals surface area contributed by atoms with Crippen molar-refractivity contribution in [3.8, 4) is 11.5 Å². The first kappa shape index (κ1) is 23.8. The normalized spacial score (nSPS) is 17.3. The SMILES string of the molecule is COCCN1C(=O)C(=O)C(=C(O)c2ccc(OC)c(C)c2)[C@@H]1c1ccc(OCC(N)=O)cc1. The third kappa shape index (κ3) is 4.98. The van der Waals surface area contributed by atoms with Crippen molar-refractivity contribution in [2.45, 2.75) is 13.0 Å². The topological polar surface area (TPSA) is 128 Å². The van der Waals surface area contributed by atoms with E-state index in [-0.39, 0.29) is 31.1 Å². The predicted molar refractivity (Wildman–Crippen MR) is 120 cm³/mol. The minimum Gasteiger partial charge on any atom is -0.507 e. The van der Waals surface area contributed by atoms with Gasteiger partial charge in [0.1, 0.15) is 17.3 Å². The number of aryl methyl sites for hydroxylation is 1. The van der Waals surface area contributed by atoms with Gasteiger partial charge in [-0.1, -0.05) is 12.1 Å². The summed E-state index contributed by atoms with van der Waals surface area (Å²) in [6, 6.07) is 10.7. The minimum atomic E-state index is -0.826. The summed E-state index contributed by atoms with van der Waals surface area (Å²) in [5.74, 6) is -1.36.